The number of aryl methyl sites for hydroxylation is 2. The monoisotopic (exact) mass is 205 g/mol. The second-order valence-electron chi connectivity index (χ2n) is 4.52. The van der Waals surface area contributed by atoms with Crippen LogP contribution < -0.4 is 5.32 Å². The van der Waals surface area contributed by atoms with Gasteiger partial charge in [0.15, 0.2) is 0 Å². The molecule has 15 heavy (non-hydrogen) atoms. The molecule has 3 heteroatoms. The number of nitrogens with zero attached hydrogens (tertiary/aromatic N) is 2. The molecule has 0 spiro atoms. The summed E-state index contributed by atoms with van der Waals surface area (Å²) in [4.78, 5) is 9.09. The largest absolute Gasteiger partial charge is 0.314 e. The molecule has 82 valence electrons. The lowest BCUT2D eigenvalue weighted by Crippen LogP contribution is -2.20. The van der Waals surface area contributed by atoms with Crippen LogP contribution in [0, 0.1) is 12.8 Å². The van der Waals surface area contributed by atoms with Crippen molar-refractivity contribution in [2.24, 2.45) is 5.92 Å². The maximum Gasteiger partial charge on any atom is 0.125 e. The normalized spacial score (nSPS) is 20.1. The Hall–Kier alpha value is -0.960. The Bertz CT molecular complexity index is 360. The minimum Gasteiger partial charge on any atom is -0.314 e. The number of aromatic nitrogens is 2. The third-order valence-corrected chi connectivity index (χ3v) is 3.06. The average molecular weight is 205 g/mol. The fraction of sp³-hybridized carbons (Fsp3) is 0.667. The van der Waals surface area contributed by atoms with Crippen molar-refractivity contribution in [3.8, 4) is 0 Å². The summed E-state index contributed by atoms with van der Waals surface area (Å²) in [5.74, 6) is 1.69. The Morgan fingerprint density at radius 2 is 2.20 bits per heavy atom. The van der Waals surface area contributed by atoms with Gasteiger partial charge in [-0.25, -0.2) is 9.97 Å². The Balaban J connectivity index is 2.40. The van der Waals surface area contributed by atoms with Gasteiger partial charge in [0.05, 0.1) is 5.69 Å². The molecular weight excluding hydrogens is 186 g/mol. The van der Waals surface area contributed by atoms with Crippen LogP contribution in [-0.2, 0) is 19.4 Å². The molecule has 1 N–H and O–H groups in total. The van der Waals surface area contributed by atoms with E-state index in [-0.39, 0.29) is 0 Å². The summed E-state index contributed by atoms with van der Waals surface area (Å²) >= 11 is 0. The zero-order valence-corrected chi connectivity index (χ0v) is 9.80. The van der Waals surface area contributed by atoms with Gasteiger partial charge in [-0.3, -0.25) is 0 Å². The highest BCUT2D eigenvalue weighted by Gasteiger charge is 2.20. The first-order valence-corrected chi connectivity index (χ1v) is 5.70. The summed E-state index contributed by atoms with van der Waals surface area (Å²) < 4.78 is 0. The van der Waals surface area contributed by atoms with Crippen molar-refractivity contribution >= 4 is 0 Å². The summed E-state index contributed by atoms with van der Waals surface area (Å²) in [6.45, 7) is 5.15. The zero-order valence-electron chi connectivity index (χ0n) is 9.80. The first-order valence-electron chi connectivity index (χ1n) is 5.70. The van der Waals surface area contributed by atoms with Gasteiger partial charge in [-0.2, -0.15) is 0 Å². The van der Waals surface area contributed by atoms with Gasteiger partial charge in [0.1, 0.15) is 5.82 Å². The number of fused-ring (bicyclic) bond motifs is 1. The van der Waals surface area contributed by atoms with E-state index in [1.165, 1.54) is 23.4 Å². The smallest absolute Gasteiger partial charge is 0.125 e. The number of hydrogen-bond acceptors (Lipinski definition) is 3. The highest BCUT2D eigenvalue weighted by Crippen LogP contribution is 2.25. The van der Waals surface area contributed by atoms with Crippen LogP contribution in [0.15, 0.2) is 0 Å². The Morgan fingerprint density at radius 1 is 1.40 bits per heavy atom. The van der Waals surface area contributed by atoms with Gasteiger partial charge in [-0.1, -0.05) is 6.92 Å². The van der Waals surface area contributed by atoms with E-state index in [1.54, 1.807) is 0 Å². The molecule has 1 aliphatic carbocycles. The molecule has 0 saturated carbocycles. The molecule has 1 atom stereocenters. The van der Waals surface area contributed by atoms with Gasteiger partial charge in [0.2, 0.25) is 0 Å². The number of nitrogens with one attached hydrogen (secondary N) is 1. The molecule has 0 fully saturated rings. The van der Waals surface area contributed by atoms with Crippen molar-refractivity contribution < 1.29 is 0 Å². The van der Waals surface area contributed by atoms with Gasteiger partial charge >= 0.3 is 0 Å². The predicted octanol–water partition coefficient (Wildman–Crippen LogP) is 1.63. The van der Waals surface area contributed by atoms with Crippen LogP contribution in [0.1, 0.15) is 36.1 Å². The van der Waals surface area contributed by atoms with E-state index in [0.29, 0.717) is 0 Å². The molecule has 3 nitrogen and oxygen atoms in total. The second-order valence-corrected chi connectivity index (χ2v) is 4.52. The number of hydrogen-bond donors (Lipinski definition) is 1. The van der Waals surface area contributed by atoms with Gasteiger partial charge in [0.25, 0.3) is 0 Å². The topological polar surface area (TPSA) is 37.8 Å². The molecular formula is C12H19N3. The predicted molar refractivity (Wildman–Crippen MR) is 60.7 cm³/mol. The summed E-state index contributed by atoms with van der Waals surface area (Å²) in [6, 6.07) is 0. The Morgan fingerprint density at radius 3 is 2.93 bits per heavy atom. The van der Waals surface area contributed by atoms with E-state index in [1.807, 2.05) is 14.0 Å². The van der Waals surface area contributed by atoms with Crippen LogP contribution in [-0.4, -0.2) is 17.0 Å². The van der Waals surface area contributed by atoms with E-state index in [4.69, 9.17) is 0 Å². The molecule has 0 aliphatic heterocycles. The summed E-state index contributed by atoms with van der Waals surface area (Å²) in [5, 5.41) is 3.19. The van der Waals surface area contributed by atoms with Crippen molar-refractivity contribution in [1.29, 1.82) is 0 Å². The quantitative estimate of drug-likeness (QED) is 0.797. The molecule has 0 amide bonds. The molecule has 0 saturated heterocycles. The summed E-state index contributed by atoms with van der Waals surface area (Å²) in [6.07, 6.45) is 3.53. The maximum absolute atomic E-state index is 4.55. The summed E-state index contributed by atoms with van der Waals surface area (Å²) in [5.41, 5.74) is 3.88. The second kappa shape index (κ2) is 4.27. The molecule has 1 aromatic heterocycles. The van der Waals surface area contributed by atoms with E-state index >= 15 is 0 Å². The molecule has 0 radical (unpaired) electrons. The fourth-order valence-electron chi connectivity index (χ4n) is 2.31. The Kier molecular flexibility index (Phi) is 3.00. The van der Waals surface area contributed by atoms with Crippen LogP contribution in [0.5, 0.6) is 0 Å². The third kappa shape index (κ3) is 2.17. The lowest BCUT2D eigenvalue weighted by atomic mass is 9.87. The average Bonchev–Trinajstić information content (AvgIpc) is 2.19. The molecule has 1 heterocycles. The molecule has 1 aromatic rings. The van der Waals surface area contributed by atoms with Crippen LogP contribution in [0.4, 0.5) is 0 Å². The van der Waals surface area contributed by atoms with Crippen molar-refractivity contribution in [2.75, 3.05) is 7.05 Å². The van der Waals surface area contributed by atoms with Crippen LogP contribution in [0.3, 0.4) is 0 Å². The van der Waals surface area contributed by atoms with Crippen molar-refractivity contribution in [2.45, 2.75) is 39.7 Å². The van der Waals surface area contributed by atoms with E-state index < -0.39 is 0 Å². The molecule has 2 rings (SSSR count). The minimum atomic E-state index is 0.777. The first kappa shape index (κ1) is 10.6. The van der Waals surface area contributed by atoms with Gasteiger partial charge in [0, 0.05) is 12.2 Å². The van der Waals surface area contributed by atoms with Crippen LogP contribution in [0.25, 0.3) is 0 Å². The van der Waals surface area contributed by atoms with Gasteiger partial charge in [-0.15, -0.1) is 0 Å². The first-order chi connectivity index (χ1) is 7.20. The van der Waals surface area contributed by atoms with E-state index in [0.717, 1.165) is 31.1 Å². The molecule has 0 bridgehead atoms. The summed E-state index contributed by atoms with van der Waals surface area (Å²) in [7, 11) is 1.97. The minimum absolute atomic E-state index is 0.777. The van der Waals surface area contributed by atoms with Crippen LogP contribution in [0.2, 0.25) is 0 Å². The van der Waals surface area contributed by atoms with Gasteiger partial charge < -0.3 is 5.32 Å². The number of rotatable bonds is 2. The fourth-order valence-corrected chi connectivity index (χ4v) is 2.31. The lowest BCUT2D eigenvalue weighted by Gasteiger charge is -2.23. The SMILES string of the molecule is CNCc1nc(C)nc2c1CC(C)CC2. The van der Waals surface area contributed by atoms with E-state index in [2.05, 4.69) is 22.2 Å². The van der Waals surface area contributed by atoms with Crippen molar-refractivity contribution in [3.63, 3.8) is 0 Å². The van der Waals surface area contributed by atoms with Crippen molar-refractivity contribution in [3.05, 3.63) is 22.8 Å². The molecule has 1 unspecified atom stereocenters. The highest BCUT2D eigenvalue weighted by atomic mass is 14.9. The third-order valence-electron chi connectivity index (χ3n) is 3.06. The Labute approximate surface area is 91.3 Å². The lowest BCUT2D eigenvalue weighted by molar-refractivity contribution is 0.485. The molecule has 1 aliphatic rings. The molecule has 0 aromatic carbocycles. The standard InChI is InChI=1S/C12H19N3/c1-8-4-5-11-10(6-8)12(7-13-3)15-9(2)14-11/h8,13H,4-7H2,1-3H3. The zero-order chi connectivity index (χ0) is 10.8. The maximum atomic E-state index is 4.55. The van der Waals surface area contributed by atoms with Crippen molar-refractivity contribution in [1.82, 2.24) is 15.3 Å². The van der Waals surface area contributed by atoms with E-state index in [9.17, 15) is 0 Å². The van der Waals surface area contributed by atoms with Gasteiger partial charge in [-0.05, 0) is 44.7 Å². The highest BCUT2D eigenvalue weighted by molar-refractivity contribution is 5.28. The van der Waals surface area contributed by atoms with Crippen LogP contribution >= 0.6 is 0 Å².